The third kappa shape index (κ3) is 10.9. The van der Waals surface area contributed by atoms with Crippen LogP contribution in [0.25, 0.3) is 0 Å². The lowest BCUT2D eigenvalue weighted by molar-refractivity contribution is -0.147. The van der Waals surface area contributed by atoms with E-state index in [0.29, 0.717) is 5.75 Å². The Kier molecular flexibility index (Phi) is 12.4. The van der Waals surface area contributed by atoms with Crippen molar-refractivity contribution in [3.8, 4) is 0 Å². The number of hydrogen-bond donors (Lipinski definition) is 0. The van der Waals surface area contributed by atoms with Gasteiger partial charge in [-0.1, -0.05) is 33.3 Å². The highest BCUT2D eigenvalue weighted by Gasteiger charge is 2.22. The SMILES string of the molecule is C=CC(=O)OCCOC(=O)C[S+](CCCC)CCCC. The second-order valence-electron chi connectivity index (χ2n) is 4.46. The Balaban J connectivity index is 3.86. The van der Waals surface area contributed by atoms with Crippen molar-refractivity contribution in [1.82, 2.24) is 0 Å². The average molecular weight is 303 g/mol. The number of ether oxygens (including phenoxy) is 2. The van der Waals surface area contributed by atoms with Crippen LogP contribution in [0.3, 0.4) is 0 Å². The Hall–Kier alpha value is -0.970. The summed E-state index contributed by atoms with van der Waals surface area (Å²) in [6.45, 7) is 7.82. The van der Waals surface area contributed by atoms with Crippen LogP contribution in [0.5, 0.6) is 0 Å². The number of esters is 2. The normalized spacial score (nSPS) is 10.3. The van der Waals surface area contributed by atoms with Gasteiger partial charge in [0.05, 0.1) is 0 Å². The minimum Gasteiger partial charge on any atom is -0.459 e. The van der Waals surface area contributed by atoms with Crippen molar-refractivity contribution in [3.05, 3.63) is 12.7 Å². The van der Waals surface area contributed by atoms with Crippen LogP contribution in [-0.2, 0) is 30.0 Å². The minimum absolute atomic E-state index is 0.0916. The van der Waals surface area contributed by atoms with Crippen LogP contribution < -0.4 is 0 Å². The summed E-state index contributed by atoms with van der Waals surface area (Å²) in [5, 5.41) is 0. The molecule has 0 aromatic carbocycles. The molecule has 0 aromatic rings. The molecule has 0 saturated heterocycles. The fourth-order valence-corrected chi connectivity index (χ4v) is 3.81. The van der Waals surface area contributed by atoms with E-state index in [2.05, 4.69) is 20.4 Å². The molecule has 0 aliphatic carbocycles. The smallest absolute Gasteiger partial charge is 0.356 e. The maximum absolute atomic E-state index is 11.7. The van der Waals surface area contributed by atoms with Crippen LogP contribution in [0.4, 0.5) is 0 Å². The number of carbonyl (C=O) groups excluding carboxylic acids is 2. The van der Waals surface area contributed by atoms with Crippen LogP contribution in [0.2, 0.25) is 0 Å². The van der Waals surface area contributed by atoms with Gasteiger partial charge in [-0.15, -0.1) is 0 Å². The van der Waals surface area contributed by atoms with Crippen molar-refractivity contribution in [2.45, 2.75) is 39.5 Å². The van der Waals surface area contributed by atoms with Gasteiger partial charge in [0.25, 0.3) is 0 Å². The third-order valence-electron chi connectivity index (χ3n) is 2.65. The minimum atomic E-state index is -0.494. The fourth-order valence-electron chi connectivity index (χ4n) is 1.51. The first kappa shape index (κ1) is 19.0. The topological polar surface area (TPSA) is 52.6 Å². The van der Waals surface area contributed by atoms with Crippen molar-refractivity contribution in [2.75, 3.05) is 30.5 Å². The van der Waals surface area contributed by atoms with Gasteiger partial charge in [0, 0.05) is 6.08 Å². The molecule has 0 atom stereocenters. The summed E-state index contributed by atoms with van der Waals surface area (Å²) in [7, 11) is 0.131. The lowest BCUT2D eigenvalue weighted by Gasteiger charge is -2.08. The van der Waals surface area contributed by atoms with Crippen molar-refractivity contribution < 1.29 is 19.1 Å². The van der Waals surface area contributed by atoms with Crippen LogP contribution in [0.15, 0.2) is 12.7 Å². The molecule has 0 saturated carbocycles. The Morgan fingerprint density at radius 3 is 2.10 bits per heavy atom. The molecule has 0 fully saturated rings. The highest BCUT2D eigenvalue weighted by Crippen LogP contribution is 2.06. The Labute approximate surface area is 125 Å². The average Bonchev–Trinajstić information content (AvgIpc) is 2.46. The first-order chi connectivity index (χ1) is 9.63. The van der Waals surface area contributed by atoms with E-state index in [4.69, 9.17) is 9.47 Å². The van der Waals surface area contributed by atoms with Gasteiger partial charge < -0.3 is 9.47 Å². The third-order valence-corrected chi connectivity index (χ3v) is 5.03. The molecule has 20 heavy (non-hydrogen) atoms. The summed E-state index contributed by atoms with van der Waals surface area (Å²) < 4.78 is 9.83. The molecule has 5 heteroatoms. The van der Waals surface area contributed by atoms with Crippen LogP contribution >= 0.6 is 0 Å². The summed E-state index contributed by atoms with van der Waals surface area (Å²) in [6.07, 6.45) is 5.73. The molecule has 0 aromatic heterocycles. The molecule has 0 bridgehead atoms. The first-order valence-corrected chi connectivity index (χ1v) is 8.96. The molecule has 0 aliphatic rings. The predicted octanol–water partition coefficient (Wildman–Crippen LogP) is 2.48. The predicted molar refractivity (Wildman–Crippen MR) is 83.9 cm³/mol. The quantitative estimate of drug-likeness (QED) is 0.240. The molecule has 0 aliphatic heterocycles. The second kappa shape index (κ2) is 13.0. The van der Waals surface area contributed by atoms with E-state index in [1.807, 2.05) is 0 Å². The van der Waals surface area contributed by atoms with Gasteiger partial charge in [-0.3, -0.25) is 0 Å². The molecular weight excluding hydrogens is 276 g/mol. The Morgan fingerprint density at radius 2 is 1.60 bits per heavy atom. The molecule has 116 valence electrons. The fraction of sp³-hybridized carbons (Fsp3) is 0.733. The van der Waals surface area contributed by atoms with Gasteiger partial charge >= 0.3 is 11.9 Å². The molecule has 4 nitrogen and oxygen atoms in total. The monoisotopic (exact) mass is 303 g/mol. The molecule has 0 spiro atoms. The van der Waals surface area contributed by atoms with E-state index in [1.54, 1.807) is 0 Å². The highest BCUT2D eigenvalue weighted by molar-refractivity contribution is 7.97. The number of carbonyl (C=O) groups is 2. The van der Waals surface area contributed by atoms with E-state index >= 15 is 0 Å². The summed E-state index contributed by atoms with van der Waals surface area (Å²) in [5.74, 6) is 2.03. The van der Waals surface area contributed by atoms with E-state index in [9.17, 15) is 9.59 Å². The standard InChI is InChI=1S/C15H27O4S/c1-4-7-11-20(12-8-5-2)13-15(17)19-10-9-18-14(16)6-3/h6H,3-5,7-13H2,1-2H3/q+1. The summed E-state index contributed by atoms with van der Waals surface area (Å²) in [5.41, 5.74) is 0. The number of rotatable bonds is 12. The molecule has 0 N–H and O–H groups in total. The van der Waals surface area contributed by atoms with Crippen LogP contribution in [0.1, 0.15) is 39.5 Å². The van der Waals surface area contributed by atoms with Crippen LogP contribution in [0, 0.1) is 0 Å². The lowest BCUT2D eigenvalue weighted by atomic mass is 10.4. The molecule has 0 rings (SSSR count). The van der Waals surface area contributed by atoms with Gasteiger partial charge in [-0.2, -0.15) is 0 Å². The van der Waals surface area contributed by atoms with E-state index < -0.39 is 5.97 Å². The summed E-state index contributed by atoms with van der Waals surface area (Å²) >= 11 is 0. The van der Waals surface area contributed by atoms with Crippen molar-refractivity contribution in [3.63, 3.8) is 0 Å². The van der Waals surface area contributed by atoms with Crippen molar-refractivity contribution in [1.29, 1.82) is 0 Å². The van der Waals surface area contributed by atoms with Crippen molar-refractivity contribution >= 4 is 22.8 Å². The van der Waals surface area contributed by atoms with Gasteiger partial charge in [-0.05, 0) is 23.7 Å². The second-order valence-corrected chi connectivity index (χ2v) is 6.79. The van der Waals surface area contributed by atoms with E-state index in [1.165, 1.54) is 0 Å². The molecule has 0 heterocycles. The molecular formula is C15H27O4S+. The molecule has 0 amide bonds. The van der Waals surface area contributed by atoms with Gasteiger partial charge in [-0.25, -0.2) is 9.59 Å². The maximum Gasteiger partial charge on any atom is 0.356 e. The largest absolute Gasteiger partial charge is 0.459 e. The molecule has 0 radical (unpaired) electrons. The lowest BCUT2D eigenvalue weighted by Crippen LogP contribution is -2.25. The van der Waals surface area contributed by atoms with Gasteiger partial charge in [0.1, 0.15) is 24.7 Å². The highest BCUT2D eigenvalue weighted by atomic mass is 32.2. The zero-order valence-corrected chi connectivity index (χ0v) is 13.5. The first-order valence-electron chi connectivity index (χ1n) is 7.22. The number of unbranched alkanes of at least 4 members (excludes halogenated alkanes) is 2. The van der Waals surface area contributed by atoms with Gasteiger partial charge in [0.15, 0.2) is 0 Å². The van der Waals surface area contributed by atoms with Gasteiger partial charge in [0.2, 0.25) is 5.75 Å². The number of hydrogen-bond acceptors (Lipinski definition) is 4. The summed E-state index contributed by atoms with van der Waals surface area (Å²) in [6, 6.07) is 0. The Morgan fingerprint density at radius 1 is 1.05 bits per heavy atom. The van der Waals surface area contributed by atoms with E-state index in [0.717, 1.165) is 43.3 Å². The Bertz CT molecular complexity index is 284. The zero-order valence-electron chi connectivity index (χ0n) is 12.7. The zero-order chi connectivity index (χ0) is 15.2. The summed E-state index contributed by atoms with van der Waals surface area (Å²) in [4.78, 5) is 22.5. The maximum atomic E-state index is 11.7. The van der Waals surface area contributed by atoms with Crippen LogP contribution in [-0.4, -0.2) is 42.4 Å². The molecule has 0 unspecified atom stereocenters. The van der Waals surface area contributed by atoms with E-state index in [-0.39, 0.29) is 30.1 Å². The van der Waals surface area contributed by atoms with Crippen molar-refractivity contribution in [2.24, 2.45) is 0 Å².